The summed E-state index contributed by atoms with van der Waals surface area (Å²) in [6.45, 7) is 2.00. The van der Waals surface area contributed by atoms with Crippen LogP contribution in [0.3, 0.4) is 0 Å². The molecule has 0 saturated carbocycles. The van der Waals surface area contributed by atoms with Gasteiger partial charge in [0.2, 0.25) is 0 Å². The third-order valence-electron chi connectivity index (χ3n) is 5.08. The van der Waals surface area contributed by atoms with Crippen molar-refractivity contribution in [2.75, 3.05) is 0 Å². The molecule has 5 nitrogen and oxygen atoms in total. The third-order valence-corrected chi connectivity index (χ3v) is 5.08. The molecule has 1 aromatic carbocycles. The summed E-state index contributed by atoms with van der Waals surface area (Å²) in [5.74, 6) is -1.56. The molecule has 3 rings (SSSR count). The molecule has 0 radical (unpaired) electrons. The lowest BCUT2D eigenvalue weighted by Crippen LogP contribution is -2.12. The molecular weight excluding hydrogens is 369 g/mol. The van der Waals surface area contributed by atoms with E-state index in [9.17, 15) is 9.18 Å². The SMILES string of the molecule is CC[C@H](C(=N)CCc1cnn2ccccc12)c1ccc(C/C=C/C(=O)O)c(F)c1. The van der Waals surface area contributed by atoms with Crippen molar-refractivity contribution >= 4 is 17.2 Å². The topological polar surface area (TPSA) is 78.5 Å². The molecule has 150 valence electrons. The Morgan fingerprint density at radius 2 is 2.14 bits per heavy atom. The average Bonchev–Trinajstić information content (AvgIpc) is 3.11. The van der Waals surface area contributed by atoms with E-state index < -0.39 is 5.97 Å². The molecule has 0 aliphatic heterocycles. The molecule has 6 heteroatoms. The molecule has 0 spiro atoms. The van der Waals surface area contributed by atoms with Crippen molar-refractivity contribution in [3.63, 3.8) is 0 Å². The van der Waals surface area contributed by atoms with Gasteiger partial charge in [0, 0.05) is 23.9 Å². The van der Waals surface area contributed by atoms with Crippen LogP contribution in [0.1, 0.15) is 42.4 Å². The first-order valence-corrected chi connectivity index (χ1v) is 9.66. The minimum atomic E-state index is -1.05. The fraction of sp³-hybridized carbons (Fsp3) is 0.261. The Morgan fingerprint density at radius 3 is 2.86 bits per heavy atom. The van der Waals surface area contributed by atoms with Crippen LogP contribution in [-0.2, 0) is 17.6 Å². The number of benzene rings is 1. The fourth-order valence-corrected chi connectivity index (χ4v) is 3.54. The highest BCUT2D eigenvalue weighted by Gasteiger charge is 2.17. The summed E-state index contributed by atoms with van der Waals surface area (Å²) >= 11 is 0. The van der Waals surface area contributed by atoms with E-state index in [-0.39, 0.29) is 18.2 Å². The van der Waals surface area contributed by atoms with Crippen LogP contribution >= 0.6 is 0 Å². The first-order chi connectivity index (χ1) is 14.0. The number of aryl methyl sites for hydroxylation is 1. The number of hydrogen-bond acceptors (Lipinski definition) is 3. The van der Waals surface area contributed by atoms with E-state index >= 15 is 0 Å². The number of fused-ring (bicyclic) bond motifs is 1. The van der Waals surface area contributed by atoms with Gasteiger partial charge in [-0.1, -0.05) is 31.2 Å². The van der Waals surface area contributed by atoms with Crippen molar-refractivity contribution in [2.24, 2.45) is 0 Å². The maximum Gasteiger partial charge on any atom is 0.327 e. The Hall–Kier alpha value is -3.28. The van der Waals surface area contributed by atoms with E-state index in [0.717, 1.165) is 22.7 Å². The van der Waals surface area contributed by atoms with E-state index in [4.69, 9.17) is 10.5 Å². The second-order valence-electron chi connectivity index (χ2n) is 6.98. The molecule has 2 N–H and O–H groups in total. The standard InChI is InChI=1S/C23H24FN3O2/c1-2-19(17-10-9-16(20(24)14-17)6-5-8-23(28)29)21(25)12-11-18-15-26-27-13-4-3-7-22(18)27/h3-5,7-10,13-15,19,25H,2,6,11-12H2,1H3,(H,28,29)/b8-5+,25-21?/t19-/m0/s1. The lowest BCUT2D eigenvalue weighted by atomic mass is 9.88. The van der Waals surface area contributed by atoms with Gasteiger partial charge in [-0.05, 0) is 60.6 Å². The number of pyridine rings is 1. The second kappa shape index (κ2) is 9.28. The maximum atomic E-state index is 14.5. The van der Waals surface area contributed by atoms with Crippen molar-refractivity contribution in [1.29, 1.82) is 5.41 Å². The van der Waals surface area contributed by atoms with Crippen molar-refractivity contribution < 1.29 is 14.3 Å². The number of carboxylic acid groups (broad SMARTS) is 1. The lowest BCUT2D eigenvalue weighted by Gasteiger charge is -2.17. The van der Waals surface area contributed by atoms with Crippen LogP contribution in [0, 0.1) is 11.2 Å². The van der Waals surface area contributed by atoms with Gasteiger partial charge < -0.3 is 10.5 Å². The van der Waals surface area contributed by atoms with E-state index in [1.54, 1.807) is 6.07 Å². The monoisotopic (exact) mass is 393 g/mol. The Labute approximate surface area is 169 Å². The molecule has 3 aromatic rings. The summed E-state index contributed by atoms with van der Waals surface area (Å²) in [6, 6.07) is 10.9. The summed E-state index contributed by atoms with van der Waals surface area (Å²) in [6.07, 6.45) is 8.40. The predicted octanol–water partition coefficient (Wildman–Crippen LogP) is 4.80. The van der Waals surface area contributed by atoms with Gasteiger partial charge in [-0.15, -0.1) is 0 Å². The molecule has 29 heavy (non-hydrogen) atoms. The van der Waals surface area contributed by atoms with Crippen molar-refractivity contribution in [1.82, 2.24) is 9.61 Å². The van der Waals surface area contributed by atoms with Crippen LogP contribution in [0.5, 0.6) is 0 Å². The second-order valence-corrected chi connectivity index (χ2v) is 6.98. The first kappa shape index (κ1) is 20.5. The van der Waals surface area contributed by atoms with Gasteiger partial charge in [0.15, 0.2) is 0 Å². The van der Waals surface area contributed by atoms with Gasteiger partial charge in [-0.25, -0.2) is 13.7 Å². The molecule has 0 aliphatic carbocycles. The molecule has 0 unspecified atom stereocenters. The summed E-state index contributed by atoms with van der Waals surface area (Å²) in [5, 5.41) is 21.5. The molecule has 0 saturated heterocycles. The summed E-state index contributed by atoms with van der Waals surface area (Å²) < 4.78 is 16.3. The minimum Gasteiger partial charge on any atom is -0.478 e. The van der Waals surface area contributed by atoms with Crippen molar-refractivity contribution in [2.45, 2.75) is 38.5 Å². The Morgan fingerprint density at radius 1 is 1.31 bits per heavy atom. The number of aromatic nitrogens is 2. The van der Waals surface area contributed by atoms with E-state index in [1.165, 1.54) is 12.1 Å². The van der Waals surface area contributed by atoms with Gasteiger partial charge in [-0.2, -0.15) is 5.10 Å². The molecule has 2 aromatic heterocycles. The zero-order valence-electron chi connectivity index (χ0n) is 16.3. The van der Waals surface area contributed by atoms with Gasteiger partial charge in [0.25, 0.3) is 0 Å². The first-order valence-electron chi connectivity index (χ1n) is 9.66. The Balaban J connectivity index is 1.69. The number of carboxylic acids is 1. The van der Waals surface area contributed by atoms with Gasteiger partial charge in [-0.3, -0.25) is 0 Å². The number of nitrogens with one attached hydrogen (secondary N) is 1. The van der Waals surface area contributed by atoms with Crippen LogP contribution in [0.2, 0.25) is 0 Å². The zero-order chi connectivity index (χ0) is 20.8. The number of allylic oxidation sites excluding steroid dienone is 1. The van der Waals surface area contributed by atoms with Gasteiger partial charge in [0.1, 0.15) is 5.82 Å². The predicted molar refractivity (Wildman–Crippen MR) is 111 cm³/mol. The summed E-state index contributed by atoms with van der Waals surface area (Å²) in [4.78, 5) is 10.5. The Kier molecular flexibility index (Phi) is 6.54. The molecular formula is C23H24FN3O2. The van der Waals surface area contributed by atoms with Gasteiger partial charge in [0.05, 0.1) is 11.7 Å². The Bertz CT molecular complexity index is 1060. The smallest absolute Gasteiger partial charge is 0.327 e. The highest BCUT2D eigenvalue weighted by molar-refractivity contribution is 5.88. The summed E-state index contributed by atoms with van der Waals surface area (Å²) in [5.41, 5.74) is 3.93. The summed E-state index contributed by atoms with van der Waals surface area (Å²) in [7, 11) is 0. The van der Waals surface area contributed by atoms with Gasteiger partial charge >= 0.3 is 5.97 Å². The number of hydrogen-bond donors (Lipinski definition) is 2. The maximum absolute atomic E-state index is 14.5. The normalized spacial score (nSPS) is 12.5. The van der Waals surface area contributed by atoms with Crippen molar-refractivity contribution in [3.8, 4) is 0 Å². The van der Waals surface area contributed by atoms with E-state index in [2.05, 4.69) is 5.10 Å². The average molecular weight is 393 g/mol. The highest BCUT2D eigenvalue weighted by Crippen LogP contribution is 2.26. The molecule has 0 aliphatic rings. The van der Waals surface area contributed by atoms with Crippen molar-refractivity contribution in [3.05, 3.63) is 83.5 Å². The fourth-order valence-electron chi connectivity index (χ4n) is 3.54. The number of halogens is 1. The largest absolute Gasteiger partial charge is 0.478 e. The van der Waals surface area contributed by atoms with E-state index in [0.29, 0.717) is 30.5 Å². The molecule has 1 atom stereocenters. The number of aliphatic carboxylic acids is 1. The molecule has 0 fully saturated rings. The van der Waals surface area contributed by atoms with Crippen LogP contribution in [0.4, 0.5) is 4.39 Å². The number of carbonyl (C=O) groups is 1. The van der Waals surface area contributed by atoms with E-state index in [1.807, 2.05) is 48.1 Å². The van der Waals surface area contributed by atoms with Crippen LogP contribution in [0.15, 0.2) is 60.9 Å². The van der Waals surface area contributed by atoms with Crippen LogP contribution in [0.25, 0.3) is 5.52 Å². The van der Waals surface area contributed by atoms with Crippen LogP contribution in [-0.4, -0.2) is 26.4 Å². The molecule has 0 bridgehead atoms. The molecule has 2 heterocycles. The number of nitrogens with zero attached hydrogens (tertiary/aromatic N) is 2. The quantitative estimate of drug-likeness (QED) is 0.405. The zero-order valence-corrected chi connectivity index (χ0v) is 16.3. The molecule has 0 amide bonds. The lowest BCUT2D eigenvalue weighted by molar-refractivity contribution is -0.131. The van der Waals surface area contributed by atoms with Crippen LogP contribution < -0.4 is 0 Å². The minimum absolute atomic E-state index is 0.144. The third kappa shape index (κ3) is 4.96. The number of rotatable bonds is 9. The highest BCUT2D eigenvalue weighted by atomic mass is 19.1.